The number of carbonyl (C=O) groups is 1. The van der Waals surface area contributed by atoms with Gasteiger partial charge in [0.25, 0.3) is 5.91 Å². The maximum Gasteiger partial charge on any atom is 0.350 e. The topological polar surface area (TPSA) is 86.2 Å². The lowest BCUT2D eigenvalue weighted by molar-refractivity contribution is 0.0942. The van der Waals surface area contributed by atoms with Crippen LogP contribution in [0.5, 0.6) is 0 Å². The normalized spacial score (nSPS) is 11.4. The number of hydrogen-bond donors (Lipinski definition) is 1. The van der Waals surface area contributed by atoms with E-state index in [-0.39, 0.29) is 35.4 Å². The fraction of sp³-hybridized carbons (Fsp3) is 0.222. The quantitative estimate of drug-likeness (QED) is 0.581. The van der Waals surface area contributed by atoms with E-state index in [9.17, 15) is 9.59 Å². The number of amides is 1. The summed E-state index contributed by atoms with van der Waals surface area (Å²) in [6.45, 7) is 2.40. The number of aromatic nitrogens is 5. The smallest absolute Gasteiger partial charge is 0.349 e. The molecule has 0 atom stereocenters. The van der Waals surface area contributed by atoms with E-state index in [4.69, 9.17) is 11.6 Å². The van der Waals surface area contributed by atoms with Gasteiger partial charge in [-0.25, -0.2) is 13.9 Å². The molecule has 0 aliphatic heterocycles. The SMILES string of the molecule is Cc1cc2ccccc2n2c(=O)n(CCNC(=O)c3c(Cl)cnn3C)nc12. The molecule has 9 heteroatoms. The number of pyridine rings is 1. The lowest BCUT2D eigenvalue weighted by Crippen LogP contribution is -2.32. The van der Waals surface area contributed by atoms with Crippen molar-refractivity contribution in [1.29, 1.82) is 0 Å². The van der Waals surface area contributed by atoms with E-state index in [1.165, 1.54) is 15.6 Å². The van der Waals surface area contributed by atoms with Crippen LogP contribution in [0.4, 0.5) is 0 Å². The molecule has 0 unspecified atom stereocenters. The van der Waals surface area contributed by atoms with Crippen molar-refractivity contribution in [1.82, 2.24) is 29.3 Å². The zero-order valence-corrected chi connectivity index (χ0v) is 15.6. The number of para-hydroxylation sites is 1. The van der Waals surface area contributed by atoms with Crippen LogP contribution in [-0.2, 0) is 13.6 Å². The molecule has 4 rings (SSSR count). The summed E-state index contributed by atoms with van der Waals surface area (Å²) in [6.07, 6.45) is 1.41. The Bertz CT molecular complexity index is 1220. The van der Waals surface area contributed by atoms with Crippen LogP contribution in [0, 0.1) is 6.92 Å². The van der Waals surface area contributed by atoms with Gasteiger partial charge in [-0.15, -0.1) is 5.10 Å². The number of hydrogen-bond acceptors (Lipinski definition) is 4. The largest absolute Gasteiger partial charge is 0.350 e. The van der Waals surface area contributed by atoms with Gasteiger partial charge >= 0.3 is 5.69 Å². The summed E-state index contributed by atoms with van der Waals surface area (Å²) in [5.74, 6) is -0.349. The zero-order chi connectivity index (χ0) is 19.1. The number of rotatable bonds is 4. The predicted molar refractivity (Wildman–Crippen MR) is 102 cm³/mol. The van der Waals surface area contributed by atoms with E-state index in [1.807, 2.05) is 37.3 Å². The van der Waals surface area contributed by atoms with Gasteiger partial charge in [-0.2, -0.15) is 5.10 Å². The monoisotopic (exact) mass is 384 g/mol. The van der Waals surface area contributed by atoms with E-state index in [1.54, 1.807) is 11.4 Å². The van der Waals surface area contributed by atoms with E-state index in [0.717, 1.165) is 16.5 Å². The maximum absolute atomic E-state index is 12.8. The van der Waals surface area contributed by atoms with Gasteiger partial charge in [-0.05, 0) is 30.0 Å². The molecule has 138 valence electrons. The van der Waals surface area contributed by atoms with Gasteiger partial charge in [0.2, 0.25) is 0 Å². The molecule has 0 bridgehead atoms. The molecular formula is C18H17ClN6O2. The minimum Gasteiger partial charge on any atom is -0.349 e. The van der Waals surface area contributed by atoms with Crippen molar-refractivity contribution >= 4 is 34.1 Å². The zero-order valence-electron chi connectivity index (χ0n) is 14.8. The molecule has 0 radical (unpaired) electrons. The van der Waals surface area contributed by atoms with Crippen LogP contribution in [0.1, 0.15) is 16.1 Å². The summed E-state index contributed by atoms with van der Waals surface area (Å²) >= 11 is 5.97. The van der Waals surface area contributed by atoms with Crippen molar-refractivity contribution in [3.8, 4) is 0 Å². The Hall–Kier alpha value is -3.13. The molecule has 8 nitrogen and oxygen atoms in total. The van der Waals surface area contributed by atoms with Crippen molar-refractivity contribution in [3.63, 3.8) is 0 Å². The maximum atomic E-state index is 12.8. The van der Waals surface area contributed by atoms with Crippen LogP contribution in [0.15, 0.2) is 41.3 Å². The Morgan fingerprint density at radius 2 is 2.07 bits per heavy atom. The molecule has 3 heterocycles. The van der Waals surface area contributed by atoms with Crippen LogP contribution in [-0.4, -0.2) is 36.4 Å². The molecule has 1 amide bonds. The molecule has 0 aliphatic rings. The Kier molecular flexibility index (Phi) is 4.19. The summed E-state index contributed by atoms with van der Waals surface area (Å²) in [7, 11) is 1.64. The Morgan fingerprint density at radius 3 is 2.81 bits per heavy atom. The molecule has 0 saturated carbocycles. The summed E-state index contributed by atoms with van der Waals surface area (Å²) < 4.78 is 4.37. The third-order valence-corrected chi connectivity index (χ3v) is 4.74. The molecule has 0 saturated heterocycles. The van der Waals surface area contributed by atoms with Gasteiger partial charge in [0, 0.05) is 13.6 Å². The summed E-state index contributed by atoms with van der Waals surface area (Å²) in [5.41, 5.74) is 2.37. The van der Waals surface area contributed by atoms with Crippen molar-refractivity contribution in [2.24, 2.45) is 7.05 Å². The fourth-order valence-electron chi connectivity index (χ4n) is 3.16. The van der Waals surface area contributed by atoms with Gasteiger partial charge in [-0.1, -0.05) is 29.8 Å². The summed E-state index contributed by atoms with van der Waals surface area (Å²) in [5, 5.41) is 12.4. The Labute approximate surface area is 159 Å². The molecule has 0 aliphatic carbocycles. The average Bonchev–Trinajstić information content (AvgIpc) is 3.15. The molecule has 4 aromatic rings. The van der Waals surface area contributed by atoms with Crippen LogP contribution in [0.25, 0.3) is 16.6 Å². The first-order valence-corrected chi connectivity index (χ1v) is 8.79. The highest BCUT2D eigenvalue weighted by Crippen LogP contribution is 2.18. The van der Waals surface area contributed by atoms with Gasteiger partial charge in [0.05, 0.1) is 23.3 Å². The highest BCUT2D eigenvalue weighted by molar-refractivity contribution is 6.33. The second-order valence-electron chi connectivity index (χ2n) is 6.27. The van der Waals surface area contributed by atoms with E-state index < -0.39 is 0 Å². The lowest BCUT2D eigenvalue weighted by Gasteiger charge is -2.05. The number of halogens is 1. The molecular weight excluding hydrogens is 368 g/mol. The van der Waals surface area contributed by atoms with Crippen LogP contribution in [0.3, 0.4) is 0 Å². The van der Waals surface area contributed by atoms with Crippen LogP contribution < -0.4 is 11.0 Å². The number of nitrogens with zero attached hydrogens (tertiary/aromatic N) is 5. The van der Waals surface area contributed by atoms with Crippen molar-refractivity contribution < 1.29 is 4.79 Å². The molecule has 27 heavy (non-hydrogen) atoms. The second-order valence-corrected chi connectivity index (χ2v) is 6.68. The van der Waals surface area contributed by atoms with E-state index >= 15 is 0 Å². The molecule has 1 aromatic carbocycles. The first kappa shape index (κ1) is 17.3. The number of benzene rings is 1. The third-order valence-electron chi connectivity index (χ3n) is 4.46. The van der Waals surface area contributed by atoms with Crippen LogP contribution >= 0.6 is 11.6 Å². The third kappa shape index (κ3) is 2.87. The van der Waals surface area contributed by atoms with Crippen LogP contribution in [0.2, 0.25) is 5.02 Å². The minimum atomic E-state index is -0.349. The number of carbonyl (C=O) groups excluding carboxylic acids is 1. The summed E-state index contributed by atoms with van der Waals surface area (Å²) in [4.78, 5) is 25.1. The van der Waals surface area contributed by atoms with E-state index in [0.29, 0.717) is 5.65 Å². The number of fused-ring (bicyclic) bond motifs is 3. The standard InChI is InChI=1S/C18H17ClN6O2/c1-11-9-12-5-3-4-6-14(12)25-16(11)22-24(18(25)27)8-7-20-17(26)15-13(19)10-21-23(15)2/h3-6,9-10H,7-8H2,1-2H3,(H,20,26). The van der Waals surface area contributed by atoms with Gasteiger partial charge in [0.15, 0.2) is 5.65 Å². The van der Waals surface area contributed by atoms with Gasteiger partial charge in [-0.3, -0.25) is 9.48 Å². The van der Waals surface area contributed by atoms with Crippen molar-refractivity contribution in [3.05, 3.63) is 63.3 Å². The van der Waals surface area contributed by atoms with Crippen molar-refractivity contribution in [2.45, 2.75) is 13.5 Å². The average molecular weight is 385 g/mol. The highest BCUT2D eigenvalue weighted by atomic mass is 35.5. The van der Waals surface area contributed by atoms with E-state index in [2.05, 4.69) is 15.5 Å². The number of aryl methyl sites for hydroxylation is 2. The number of nitrogens with one attached hydrogen (secondary N) is 1. The molecule has 1 N–H and O–H groups in total. The van der Waals surface area contributed by atoms with Gasteiger partial charge in [0.1, 0.15) is 5.69 Å². The first-order chi connectivity index (χ1) is 13.0. The first-order valence-electron chi connectivity index (χ1n) is 8.41. The lowest BCUT2D eigenvalue weighted by atomic mass is 10.1. The van der Waals surface area contributed by atoms with Gasteiger partial charge < -0.3 is 5.32 Å². The predicted octanol–water partition coefficient (Wildman–Crippen LogP) is 1.77. The molecule has 0 spiro atoms. The summed E-state index contributed by atoms with van der Waals surface area (Å²) in [6, 6.07) is 9.68. The van der Waals surface area contributed by atoms with Crippen molar-refractivity contribution in [2.75, 3.05) is 6.54 Å². The highest BCUT2D eigenvalue weighted by Gasteiger charge is 2.16. The fourth-order valence-corrected chi connectivity index (χ4v) is 3.41. The Balaban J connectivity index is 1.61. The second kappa shape index (κ2) is 6.55. The Morgan fingerprint density at radius 1 is 1.30 bits per heavy atom. The molecule has 3 aromatic heterocycles. The minimum absolute atomic E-state index is 0.237. The molecule has 0 fully saturated rings.